The third kappa shape index (κ3) is 2.64. The topological polar surface area (TPSA) is 20.3 Å². The van der Waals surface area contributed by atoms with Gasteiger partial charge in [0, 0.05) is 18.7 Å². The van der Waals surface area contributed by atoms with Crippen molar-refractivity contribution in [2.45, 2.75) is 63.2 Å². The van der Waals surface area contributed by atoms with Crippen molar-refractivity contribution in [3.8, 4) is 0 Å². The predicted octanol–water partition coefficient (Wildman–Crippen LogP) is 5.93. The Morgan fingerprint density at radius 3 is 2.18 bits per heavy atom. The number of benzene rings is 2. The monoisotopic (exact) mass is 373 g/mol. The fourth-order valence-corrected chi connectivity index (χ4v) is 7.59. The molecule has 2 aromatic rings. The third-order valence-corrected chi connectivity index (χ3v) is 8.36. The summed E-state index contributed by atoms with van der Waals surface area (Å²) >= 11 is 0. The molecule has 2 heteroatoms. The van der Waals surface area contributed by atoms with Crippen LogP contribution in [-0.2, 0) is 5.41 Å². The minimum absolute atomic E-state index is 0.261. The van der Waals surface area contributed by atoms with Crippen LogP contribution in [0.3, 0.4) is 0 Å². The van der Waals surface area contributed by atoms with Gasteiger partial charge in [-0.1, -0.05) is 24.3 Å². The van der Waals surface area contributed by atoms with E-state index in [1.807, 2.05) is 0 Å². The Morgan fingerprint density at radius 1 is 0.857 bits per heavy atom. The number of fused-ring (bicyclic) bond motifs is 1. The molecule has 4 saturated carbocycles. The SMILES string of the molecule is O=C(c1cc(C23CC4CC(CC(C4)C2)C3)c2ccccc2c1)N1CCCCC1. The van der Waals surface area contributed by atoms with E-state index >= 15 is 0 Å². The van der Waals surface area contributed by atoms with Crippen LogP contribution in [0.5, 0.6) is 0 Å². The van der Waals surface area contributed by atoms with E-state index in [0.29, 0.717) is 5.41 Å². The lowest BCUT2D eigenvalue weighted by molar-refractivity contribution is -0.00452. The molecule has 0 radical (unpaired) electrons. The van der Waals surface area contributed by atoms with Crippen molar-refractivity contribution in [2.24, 2.45) is 17.8 Å². The number of piperidine rings is 1. The highest BCUT2D eigenvalue weighted by Crippen LogP contribution is 2.61. The predicted molar refractivity (Wildman–Crippen MR) is 114 cm³/mol. The molecule has 0 N–H and O–H groups in total. The number of amides is 1. The minimum Gasteiger partial charge on any atom is -0.339 e. The van der Waals surface area contributed by atoms with Gasteiger partial charge in [-0.25, -0.2) is 0 Å². The minimum atomic E-state index is 0.261. The van der Waals surface area contributed by atoms with E-state index in [4.69, 9.17) is 0 Å². The summed E-state index contributed by atoms with van der Waals surface area (Å²) in [7, 11) is 0. The Hall–Kier alpha value is -1.83. The number of rotatable bonds is 2. The van der Waals surface area contributed by atoms with E-state index in [2.05, 4.69) is 41.3 Å². The molecular weight excluding hydrogens is 342 g/mol. The lowest BCUT2D eigenvalue weighted by atomic mass is 9.47. The summed E-state index contributed by atoms with van der Waals surface area (Å²) in [6.07, 6.45) is 12.0. The van der Waals surface area contributed by atoms with Crippen molar-refractivity contribution in [3.63, 3.8) is 0 Å². The van der Waals surface area contributed by atoms with E-state index in [-0.39, 0.29) is 5.91 Å². The van der Waals surface area contributed by atoms with Gasteiger partial charge in [0.15, 0.2) is 0 Å². The largest absolute Gasteiger partial charge is 0.339 e. The zero-order valence-corrected chi connectivity index (χ0v) is 16.8. The van der Waals surface area contributed by atoms with Crippen LogP contribution in [0.4, 0.5) is 0 Å². The second-order valence-corrected chi connectivity index (χ2v) is 10.3. The van der Waals surface area contributed by atoms with Crippen LogP contribution in [0.15, 0.2) is 36.4 Å². The first-order chi connectivity index (χ1) is 13.7. The number of hydrogen-bond acceptors (Lipinski definition) is 1. The van der Waals surface area contributed by atoms with Gasteiger partial charge in [0.25, 0.3) is 5.91 Å². The summed E-state index contributed by atoms with van der Waals surface area (Å²) in [5.41, 5.74) is 2.77. The van der Waals surface area contributed by atoms with Gasteiger partial charge >= 0.3 is 0 Å². The Kier molecular flexibility index (Phi) is 3.86. The van der Waals surface area contributed by atoms with Crippen LogP contribution in [0, 0.1) is 17.8 Å². The summed E-state index contributed by atoms with van der Waals surface area (Å²) in [6, 6.07) is 13.3. The van der Waals surface area contributed by atoms with E-state index in [1.165, 1.54) is 61.3 Å². The molecule has 0 spiro atoms. The van der Waals surface area contributed by atoms with Crippen LogP contribution in [-0.4, -0.2) is 23.9 Å². The molecule has 2 nitrogen and oxygen atoms in total. The molecule has 5 aliphatic rings. The second-order valence-electron chi connectivity index (χ2n) is 10.3. The quantitative estimate of drug-likeness (QED) is 0.638. The highest BCUT2D eigenvalue weighted by molar-refractivity contribution is 6.00. The zero-order valence-electron chi connectivity index (χ0n) is 16.8. The smallest absolute Gasteiger partial charge is 0.253 e. The maximum atomic E-state index is 13.3. The fourth-order valence-electron chi connectivity index (χ4n) is 7.59. The van der Waals surface area contributed by atoms with Crippen LogP contribution in [0.25, 0.3) is 10.8 Å². The van der Waals surface area contributed by atoms with Crippen molar-refractivity contribution >= 4 is 16.7 Å². The molecular formula is C26H31NO. The summed E-state index contributed by atoms with van der Waals surface area (Å²) in [6.45, 7) is 1.86. The van der Waals surface area contributed by atoms with E-state index in [0.717, 1.165) is 49.2 Å². The highest BCUT2D eigenvalue weighted by atomic mass is 16.2. The van der Waals surface area contributed by atoms with Gasteiger partial charge in [-0.3, -0.25) is 4.79 Å². The van der Waals surface area contributed by atoms with Gasteiger partial charge < -0.3 is 4.90 Å². The first kappa shape index (κ1) is 17.1. The summed E-state index contributed by atoms with van der Waals surface area (Å²) in [4.78, 5) is 15.4. The second kappa shape index (κ2) is 6.34. The molecule has 4 aliphatic carbocycles. The molecule has 0 aromatic heterocycles. The number of likely N-dealkylation sites (tertiary alicyclic amines) is 1. The fraction of sp³-hybridized carbons (Fsp3) is 0.577. The van der Waals surface area contributed by atoms with Crippen LogP contribution in [0.2, 0.25) is 0 Å². The van der Waals surface area contributed by atoms with Crippen molar-refractivity contribution < 1.29 is 4.79 Å². The molecule has 4 bridgehead atoms. The molecule has 1 saturated heterocycles. The van der Waals surface area contributed by atoms with E-state index in [9.17, 15) is 4.79 Å². The van der Waals surface area contributed by atoms with Crippen LogP contribution < -0.4 is 0 Å². The standard InChI is InChI=1S/C26H31NO/c28-25(27-8-4-1-5-9-27)22-13-21-6-2-3-7-23(21)24(14-22)26-15-18-10-19(16-26)12-20(11-18)17-26/h2-3,6-7,13-14,18-20H,1,4-5,8-12,15-17H2. The first-order valence-corrected chi connectivity index (χ1v) is 11.5. The Bertz CT molecular complexity index is 888. The number of nitrogens with zero attached hydrogens (tertiary/aromatic N) is 1. The van der Waals surface area contributed by atoms with Gasteiger partial charge in [0.05, 0.1) is 0 Å². The van der Waals surface area contributed by atoms with Gasteiger partial charge in [-0.2, -0.15) is 0 Å². The molecule has 28 heavy (non-hydrogen) atoms. The Balaban J connectivity index is 1.47. The molecule has 0 atom stereocenters. The molecule has 5 fully saturated rings. The highest BCUT2D eigenvalue weighted by Gasteiger charge is 2.52. The normalized spacial score (nSPS) is 34.1. The number of hydrogen-bond donors (Lipinski definition) is 0. The van der Waals surface area contributed by atoms with E-state index in [1.54, 1.807) is 0 Å². The van der Waals surface area contributed by atoms with Crippen molar-refractivity contribution in [2.75, 3.05) is 13.1 Å². The molecule has 1 aliphatic heterocycles. The lowest BCUT2D eigenvalue weighted by Crippen LogP contribution is -2.48. The van der Waals surface area contributed by atoms with E-state index < -0.39 is 0 Å². The number of carbonyl (C=O) groups is 1. The van der Waals surface area contributed by atoms with Crippen molar-refractivity contribution in [1.29, 1.82) is 0 Å². The van der Waals surface area contributed by atoms with Gasteiger partial charge in [-0.05, 0) is 109 Å². The zero-order chi connectivity index (χ0) is 18.7. The molecule has 7 rings (SSSR count). The van der Waals surface area contributed by atoms with Crippen LogP contribution in [0.1, 0.15) is 73.7 Å². The molecule has 1 heterocycles. The Morgan fingerprint density at radius 2 is 1.50 bits per heavy atom. The maximum absolute atomic E-state index is 13.3. The third-order valence-electron chi connectivity index (χ3n) is 8.36. The van der Waals surface area contributed by atoms with Gasteiger partial charge in [-0.15, -0.1) is 0 Å². The first-order valence-electron chi connectivity index (χ1n) is 11.5. The summed E-state index contributed by atoms with van der Waals surface area (Å²) in [5, 5.41) is 2.66. The van der Waals surface area contributed by atoms with Crippen LogP contribution >= 0.6 is 0 Å². The molecule has 1 amide bonds. The Labute approximate surface area is 168 Å². The maximum Gasteiger partial charge on any atom is 0.253 e. The van der Waals surface area contributed by atoms with Crippen molar-refractivity contribution in [1.82, 2.24) is 4.90 Å². The van der Waals surface area contributed by atoms with Gasteiger partial charge in [0.1, 0.15) is 0 Å². The van der Waals surface area contributed by atoms with Gasteiger partial charge in [0.2, 0.25) is 0 Å². The average molecular weight is 374 g/mol. The molecule has 2 aromatic carbocycles. The average Bonchev–Trinajstić information content (AvgIpc) is 2.72. The summed E-state index contributed by atoms with van der Waals surface area (Å²) in [5.74, 6) is 3.03. The van der Waals surface area contributed by atoms with Crippen molar-refractivity contribution in [3.05, 3.63) is 47.5 Å². The number of carbonyl (C=O) groups excluding carboxylic acids is 1. The molecule has 146 valence electrons. The summed E-state index contributed by atoms with van der Waals surface area (Å²) < 4.78 is 0. The molecule has 0 unspecified atom stereocenters. The lowest BCUT2D eigenvalue weighted by Gasteiger charge is -2.57.